The molecule has 1 aliphatic carbocycles. The van der Waals surface area contributed by atoms with E-state index < -0.39 is 10.0 Å². The van der Waals surface area contributed by atoms with Crippen LogP contribution in [0.5, 0.6) is 0 Å². The fourth-order valence-electron chi connectivity index (χ4n) is 3.69. The van der Waals surface area contributed by atoms with Gasteiger partial charge in [-0.1, -0.05) is 44.2 Å². The van der Waals surface area contributed by atoms with Gasteiger partial charge in [0.25, 0.3) is 0 Å². The zero-order valence-electron chi connectivity index (χ0n) is 14.3. The third-order valence-electron chi connectivity index (χ3n) is 5.29. The lowest BCUT2D eigenvalue weighted by Crippen LogP contribution is -2.21. The molecule has 2 N–H and O–H groups in total. The van der Waals surface area contributed by atoms with Crippen molar-refractivity contribution in [2.45, 2.75) is 24.7 Å². The monoisotopic (exact) mass is 344 g/mol. The highest BCUT2D eigenvalue weighted by Crippen LogP contribution is 2.64. The van der Waals surface area contributed by atoms with E-state index in [1.165, 1.54) is 11.3 Å². The van der Waals surface area contributed by atoms with E-state index in [-0.39, 0.29) is 10.3 Å². The molecule has 1 aliphatic rings. The normalized spacial score (nSPS) is 22.2. The molecular formula is C19H24N2O2S. The zero-order chi connectivity index (χ0) is 17.5. The van der Waals surface area contributed by atoms with Crippen LogP contribution in [0.25, 0.3) is 0 Å². The van der Waals surface area contributed by atoms with E-state index >= 15 is 0 Å². The van der Waals surface area contributed by atoms with E-state index in [0.717, 1.165) is 6.54 Å². The molecule has 0 radical (unpaired) electrons. The first kappa shape index (κ1) is 17.0. The predicted octanol–water partition coefficient (Wildman–Crippen LogP) is 3.21. The molecule has 0 amide bonds. The number of nitrogens with two attached hydrogens (primary N) is 1. The van der Waals surface area contributed by atoms with Crippen LogP contribution in [0.4, 0.5) is 5.69 Å². The molecule has 0 bridgehead atoms. The maximum absolute atomic E-state index is 11.4. The molecule has 0 saturated heterocycles. The van der Waals surface area contributed by atoms with Crippen LogP contribution in [0.1, 0.15) is 25.3 Å². The third kappa shape index (κ3) is 3.19. The Morgan fingerprint density at radius 2 is 1.62 bits per heavy atom. The summed E-state index contributed by atoms with van der Waals surface area (Å²) in [5.41, 5.74) is 2.59. The van der Waals surface area contributed by atoms with Crippen molar-refractivity contribution in [1.29, 1.82) is 0 Å². The molecule has 128 valence electrons. The fraction of sp³-hybridized carbons (Fsp3) is 0.368. The van der Waals surface area contributed by atoms with Crippen molar-refractivity contribution < 1.29 is 8.42 Å². The highest BCUT2D eigenvalue weighted by atomic mass is 32.2. The average Bonchev–Trinajstić information content (AvgIpc) is 3.08. The van der Waals surface area contributed by atoms with Crippen molar-refractivity contribution >= 4 is 15.7 Å². The van der Waals surface area contributed by atoms with E-state index in [4.69, 9.17) is 5.14 Å². The van der Waals surface area contributed by atoms with Gasteiger partial charge in [-0.05, 0) is 47.1 Å². The number of primary sulfonamides is 1. The maximum atomic E-state index is 11.4. The minimum absolute atomic E-state index is 0.169. The molecule has 0 aromatic heterocycles. The van der Waals surface area contributed by atoms with Crippen molar-refractivity contribution in [1.82, 2.24) is 0 Å². The lowest BCUT2D eigenvalue weighted by molar-refractivity contribution is 0.552. The molecule has 2 atom stereocenters. The molecule has 2 unspecified atom stereocenters. The fourth-order valence-corrected chi connectivity index (χ4v) is 4.21. The first-order valence-corrected chi connectivity index (χ1v) is 9.65. The number of para-hydroxylation sites is 1. The van der Waals surface area contributed by atoms with E-state index in [1.54, 1.807) is 12.1 Å². The van der Waals surface area contributed by atoms with Gasteiger partial charge in [0, 0.05) is 19.3 Å². The molecule has 0 spiro atoms. The van der Waals surface area contributed by atoms with Crippen LogP contribution in [0, 0.1) is 11.3 Å². The number of hydrogen-bond acceptors (Lipinski definition) is 3. The molecule has 3 rings (SSSR count). The van der Waals surface area contributed by atoms with Gasteiger partial charge >= 0.3 is 0 Å². The highest BCUT2D eigenvalue weighted by Gasteiger charge is 2.58. The molecule has 4 nitrogen and oxygen atoms in total. The first-order chi connectivity index (χ1) is 11.2. The van der Waals surface area contributed by atoms with Gasteiger partial charge in [0.05, 0.1) is 4.90 Å². The molecule has 1 saturated carbocycles. The topological polar surface area (TPSA) is 63.4 Å². The van der Waals surface area contributed by atoms with Crippen molar-refractivity contribution in [3.8, 4) is 0 Å². The summed E-state index contributed by atoms with van der Waals surface area (Å²) in [6.07, 6.45) is 0. The Bertz CT molecular complexity index is 814. The highest BCUT2D eigenvalue weighted by molar-refractivity contribution is 7.89. The third-order valence-corrected chi connectivity index (χ3v) is 6.21. The molecule has 2 aromatic carbocycles. The van der Waals surface area contributed by atoms with Crippen LogP contribution >= 0.6 is 0 Å². The lowest BCUT2D eigenvalue weighted by Gasteiger charge is -2.20. The van der Waals surface area contributed by atoms with Gasteiger partial charge in [-0.15, -0.1) is 0 Å². The first-order valence-electron chi connectivity index (χ1n) is 8.10. The number of anilines is 1. The second-order valence-corrected chi connectivity index (χ2v) is 8.80. The Labute approximate surface area is 144 Å². The minimum atomic E-state index is -3.63. The number of nitrogens with zero attached hydrogens (tertiary/aromatic N) is 1. The summed E-state index contributed by atoms with van der Waals surface area (Å²) in [6.45, 7) is 5.52. The average molecular weight is 344 g/mol. The molecule has 24 heavy (non-hydrogen) atoms. The maximum Gasteiger partial charge on any atom is 0.238 e. The van der Waals surface area contributed by atoms with Gasteiger partial charge in [-0.3, -0.25) is 0 Å². The summed E-state index contributed by atoms with van der Waals surface area (Å²) in [4.78, 5) is 2.45. The van der Waals surface area contributed by atoms with E-state index in [2.05, 4.69) is 37.9 Å². The second kappa shape index (κ2) is 5.90. The molecule has 2 aromatic rings. The van der Waals surface area contributed by atoms with Gasteiger partial charge in [-0.2, -0.15) is 0 Å². The van der Waals surface area contributed by atoms with Crippen LogP contribution in [0.2, 0.25) is 0 Å². The largest absolute Gasteiger partial charge is 0.374 e. The summed E-state index contributed by atoms with van der Waals surface area (Å²) in [6, 6.07) is 17.4. The Morgan fingerprint density at radius 3 is 2.17 bits per heavy atom. The van der Waals surface area contributed by atoms with Crippen molar-refractivity contribution in [3.05, 3.63) is 60.2 Å². The molecule has 0 heterocycles. The van der Waals surface area contributed by atoms with Crippen molar-refractivity contribution in [2.75, 3.05) is 18.5 Å². The van der Waals surface area contributed by atoms with Gasteiger partial charge in [0.1, 0.15) is 0 Å². The molecule has 0 aliphatic heterocycles. The predicted molar refractivity (Wildman–Crippen MR) is 97.5 cm³/mol. The lowest BCUT2D eigenvalue weighted by atomic mass is 10.0. The second-order valence-electron chi connectivity index (χ2n) is 7.24. The quantitative estimate of drug-likeness (QED) is 0.906. The zero-order valence-corrected chi connectivity index (χ0v) is 15.1. The van der Waals surface area contributed by atoms with Gasteiger partial charge < -0.3 is 4.90 Å². The summed E-state index contributed by atoms with van der Waals surface area (Å²) in [5, 5.41) is 5.18. The Hall–Kier alpha value is -1.85. The number of sulfonamides is 1. The Balaban J connectivity index is 1.75. The summed E-state index contributed by atoms with van der Waals surface area (Å²) in [7, 11) is -1.51. The van der Waals surface area contributed by atoms with Crippen molar-refractivity contribution in [3.63, 3.8) is 0 Å². The SMILES string of the molecule is CN(CC1C(c2ccc(S(N)(=O)=O)cc2)C1(C)C)c1ccccc1. The van der Waals surface area contributed by atoms with E-state index in [1.807, 2.05) is 30.3 Å². The number of hydrogen-bond donors (Lipinski definition) is 1. The standard InChI is InChI=1S/C19H24N2O2S/c1-19(2)17(13-21(3)15-7-5-4-6-8-15)18(19)14-9-11-16(12-10-14)24(20,22)23/h4-12,17-18H,13H2,1-3H3,(H2,20,22,23). The summed E-state index contributed by atoms with van der Waals surface area (Å²) < 4.78 is 22.8. The number of rotatable bonds is 5. The van der Waals surface area contributed by atoms with Crippen LogP contribution < -0.4 is 10.0 Å². The van der Waals surface area contributed by atoms with Gasteiger partial charge in [-0.25, -0.2) is 13.6 Å². The Morgan fingerprint density at radius 1 is 1.04 bits per heavy atom. The summed E-state index contributed by atoms with van der Waals surface area (Å²) >= 11 is 0. The van der Waals surface area contributed by atoms with Crippen LogP contribution in [-0.4, -0.2) is 22.0 Å². The van der Waals surface area contributed by atoms with Crippen LogP contribution in [-0.2, 0) is 10.0 Å². The van der Waals surface area contributed by atoms with Crippen LogP contribution in [0.15, 0.2) is 59.5 Å². The number of benzene rings is 2. The van der Waals surface area contributed by atoms with Crippen LogP contribution in [0.3, 0.4) is 0 Å². The summed E-state index contributed by atoms with van der Waals surface area (Å²) in [5.74, 6) is 0.959. The minimum Gasteiger partial charge on any atom is -0.374 e. The molecule has 5 heteroatoms. The van der Waals surface area contributed by atoms with E-state index in [9.17, 15) is 8.42 Å². The molecular weight excluding hydrogens is 320 g/mol. The smallest absolute Gasteiger partial charge is 0.238 e. The molecule has 1 fully saturated rings. The van der Waals surface area contributed by atoms with Gasteiger partial charge in [0.2, 0.25) is 10.0 Å². The van der Waals surface area contributed by atoms with E-state index in [0.29, 0.717) is 11.8 Å². The van der Waals surface area contributed by atoms with Gasteiger partial charge in [0.15, 0.2) is 0 Å². The Kier molecular flexibility index (Phi) is 4.18. The van der Waals surface area contributed by atoms with Crippen molar-refractivity contribution in [2.24, 2.45) is 16.5 Å².